The predicted octanol–water partition coefficient (Wildman–Crippen LogP) is 3.49. The highest BCUT2D eigenvalue weighted by Gasteiger charge is 2.36. The van der Waals surface area contributed by atoms with Gasteiger partial charge in [0.15, 0.2) is 0 Å². The Balaban J connectivity index is 1.05. The maximum atomic E-state index is 12.4. The lowest BCUT2D eigenvalue weighted by Gasteiger charge is -2.40. The van der Waals surface area contributed by atoms with Crippen molar-refractivity contribution < 1.29 is 14.3 Å². The van der Waals surface area contributed by atoms with Crippen molar-refractivity contribution in [3.8, 4) is 5.75 Å². The first-order valence-electron chi connectivity index (χ1n) is 11.2. The van der Waals surface area contributed by atoms with Gasteiger partial charge in [0.1, 0.15) is 11.9 Å². The second kappa shape index (κ2) is 8.57. The number of pyridine rings is 1. The molecule has 0 bridgehead atoms. The van der Waals surface area contributed by atoms with Crippen molar-refractivity contribution in [2.24, 2.45) is 5.92 Å². The van der Waals surface area contributed by atoms with Crippen LogP contribution in [0.4, 0.5) is 10.5 Å². The van der Waals surface area contributed by atoms with Gasteiger partial charge in [0.25, 0.3) is 0 Å². The molecule has 3 fully saturated rings. The van der Waals surface area contributed by atoms with Gasteiger partial charge in [0, 0.05) is 43.0 Å². The van der Waals surface area contributed by atoms with E-state index < -0.39 is 0 Å². The third-order valence-corrected chi connectivity index (χ3v) is 6.60. The first-order chi connectivity index (χ1) is 15.2. The van der Waals surface area contributed by atoms with E-state index in [9.17, 15) is 9.59 Å². The van der Waals surface area contributed by atoms with E-state index in [0.717, 1.165) is 24.3 Å². The maximum Gasteiger partial charge on any atom is 0.321 e. The smallest absolute Gasteiger partial charge is 0.321 e. The Morgan fingerprint density at radius 3 is 2.39 bits per heavy atom. The Bertz CT molecular complexity index is 916. The van der Waals surface area contributed by atoms with Crippen LogP contribution in [-0.4, -0.2) is 59.0 Å². The van der Waals surface area contributed by atoms with E-state index in [1.54, 1.807) is 11.1 Å². The molecule has 3 aliphatic rings. The van der Waals surface area contributed by atoms with Crippen molar-refractivity contribution in [2.45, 2.75) is 37.7 Å². The van der Waals surface area contributed by atoms with Crippen molar-refractivity contribution in [1.82, 2.24) is 14.8 Å². The van der Waals surface area contributed by atoms with E-state index in [-0.39, 0.29) is 18.1 Å². The summed E-state index contributed by atoms with van der Waals surface area (Å²) in [6.07, 6.45) is 8.11. The van der Waals surface area contributed by atoms with Crippen LogP contribution in [0.3, 0.4) is 0 Å². The molecule has 3 heterocycles. The molecule has 2 aromatic rings. The van der Waals surface area contributed by atoms with Crippen molar-refractivity contribution in [3.05, 3.63) is 54.4 Å². The standard InChI is InChI=1S/C24H28N4O3/c29-23(17-4-1-2-5-17)27-15-22(16-27)31-21-9-7-20(8-10-21)26-24(30)28-13-19(14-28)18-6-3-11-25-12-18/h3,6-12,17,19,22H,1-2,4-5,13-16H2,(H,26,30). The number of carbonyl (C=O) groups excluding carboxylic acids is 2. The molecule has 1 saturated carbocycles. The van der Waals surface area contributed by atoms with Gasteiger partial charge in [-0.15, -0.1) is 0 Å². The highest BCUT2D eigenvalue weighted by Crippen LogP contribution is 2.30. The number of ether oxygens (including phenoxy) is 1. The number of anilines is 1. The monoisotopic (exact) mass is 420 g/mol. The lowest BCUT2D eigenvalue weighted by molar-refractivity contribution is -0.144. The number of carbonyl (C=O) groups is 2. The summed E-state index contributed by atoms with van der Waals surface area (Å²) in [6, 6.07) is 11.3. The third kappa shape index (κ3) is 4.36. The molecule has 3 amide bonds. The van der Waals surface area contributed by atoms with Crippen LogP contribution in [0.15, 0.2) is 48.8 Å². The summed E-state index contributed by atoms with van der Waals surface area (Å²) in [6.45, 7) is 2.74. The fraction of sp³-hybridized carbons (Fsp3) is 0.458. The molecule has 1 aromatic carbocycles. The van der Waals surface area contributed by atoms with Gasteiger partial charge in [0.05, 0.1) is 13.1 Å². The van der Waals surface area contributed by atoms with Gasteiger partial charge in [-0.25, -0.2) is 4.79 Å². The van der Waals surface area contributed by atoms with Crippen LogP contribution in [0.25, 0.3) is 0 Å². The molecular formula is C24H28N4O3. The summed E-state index contributed by atoms with van der Waals surface area (Å²) in [5.74, 6) is 1.65. The van der Waals surface area contributed by atoms with Gasteiger partial charge in [-0.2, -0.15) is 0 Å². The second-order valence-electron chi connectivity index (χ2n) is 8.81. The molecule has 31 heavy (non-hydrogen) atoms. The van der Waals surface area contributed by atoms with Gasteiger partial charge >= 0.3 is 6.03 Å². The maximum absolute atomic E-state index is 12.4. The lowest BCUT2D eigenvalue weighted by atomic mass is 9.93. The van der Waals surface area contributed by atoms with Crippen molar-refractivity contribution in [3.63, 3.8) is 0 Å². The number of benzene rings is 1. The molecule has 0 atom stereocenters. The highest BCUT2D eigenvalue weighted by atomic mass is 16.5. The van der Waals surface area contributed by atoms with Crippen molar-refractivity contribution >= 4 is 17.6 Å². The first kappa shape index (κ1) is 19.8. The van der Waals surface area contributed by atoms with E-state index in [4.69, 9.17) is 4.74 Å². The Kier molecular flexibility index (Phi) is 5.49. The molecule has 0 unspecified atom stereocenters. The Morgan fingerprint density at radius 1 is 0.968 bits per heavy atom. The summed E-state index contributed by atoms with van der Waals surface area (Å²) >= 11 is 0. The molecular weight excluding hydrogens is 392 g/mol. The number of urea groups is 1. The largest absolute Gasteiger partial charge is 0.487 e. The van der Waals surface area contributed by atoms with E-state index in [0.29, 0.717) is 38.0 Å². The van der Waals surface area contributed by atoms with Gasteiger partial charge in [0.2, 0.25) is 5.91 Å². The van der Waals surface area contributed by atoms with Gasteiger partial charge in [-0.1, -0.05) is 18.9 Å². The first-order valence-corrected chi connectivity index (χ1v) is 11.2. The zero-order valence-corrected chi connectivity index (χ0v) is 17.6. The van der Waals surface area contributed by atoms with E-state index in [1.807, 2.05) is 41.4 Å². The van der Waals surface area contributed by atoms with E-state index >= 15 is 0 Å². The molecule has 2 aliphatic heterocycles. The quantitative estimate of drug-likeness (QED) is 0.804. The average molecular weight is 421 g/mol. The topological polar surface area (TPSA) is 74.8 Å². The minimum Gasteiger partial charge on any atom is -0.487 e. The minimum atomic E-state index is -0.0890. The fourth-order valence-electron chi connectivity index (χ4n) is 4.61. The number of nitrogens with one attached hydrogen (secondary N) is 1. The summed E-state index contributed by atoms with van der Waals surface area (Å²) in [5, 5.41) is 2.94. The van der Waals surface area contributed by atoms with E-state index in [2.05, 4.69) is 16.4 Å². The summed E-state index contributed by atoms with van der Waals surface area (Å²) in [4.78, 5) is 32.7. The number of amides is 3. The fourth-order valence-corrected chi connectivity index (χ4v) is 4.61. The van der Waals surface area contributed by atoms with Crippen LogP contribution in [0, 0.1) is 5.92 Å². The van der Waals surface area contributed by atoms with Gasteiger partial charge in [-0.3, -0.25) is 9.78 Å². The molecule has 0 radical (unpaired) electrons. The number of likely N-dealkylation sites (tertiary alicyclic amines) is 2. The van der Waals surface area contributed by atoms with Crippen LogP contribution >= 0.6 is 0 Å². The molecule has 7 heteroatoms. The zero-order chi connectivity index (χ0) is 21.2. The molecule has 7 nitrogen and oxygen atoms in total. The van der Waals surface area contributed by atoms with Crippen LogP contribution in [0.5, 0.6) is 5.75 Å². The summed E-state index contributed by atoms with van der Waals surface area (Å²) < 4.78 is 5.97. The number of rotatable bonds is 5. The molecule has 1 aromatic heterocycles. The third-order valence-electron chi connectivity index (χ3n) is 6.60. The Hall–Kier alpha value is -3.09. The summed E-state index contributed by atoms with van der Waals surface area (Å²) in [7, 11) is 0. The number of aromatic nitrogens is 1. The van der Waals surface area contributed by atoms with Crippen molar-refractivity contribution in [1.29, 1.82) is 0 Å². The average Bonchev–Trinajstić information content (AvgIpc) is 3.26. The van der Waals surface area contributed by atoms with Crippen LogP contribution < -0.4 is 10.1 Å². The summed E-state index contributed by atoms with van der Waals surface area (Å²) in [5.41, 5.74) is 1.92. The van der Waals surface area contributed by atoms with Gasteiger partial charge in [-0.05, 0) is 48.7 Å². The molecule has 0 spiro atoms. The molecule has 5 rings (SSSR count). The molecule has 162 valence electrons. The lowest BCUT2D eigenvalue weighted by Crippen LogP contribution is -2.57. The number of hydrogen-bond donors (Lipinski definition) is 1. The molecule has 2 saturated heterocycles. The molecule has 1 N–H and O–H groups in total. The molecule has 1 aliphatic carbocycles. The van der Waals surface area contributed by atoms with Crippen LogP contribution in [-0.2, 0) is 4.79 Å². The Morgan fingerprint density at radius 2 is 1.71 bits per heavy atom. The van der Waals surface area contributed by atoms with Crippen molar-refractivity contribution in [2.75, 3.05) is 31.5 Å². The highest BCUT2D eigenvalue weighted by molar-refractivity contribution is 5.90. The predicted molar refractivity (Wildman–Crippen MR) is 117 cm³/mol. The van der Waals surface area contributed by atoms with Crippen LogP contribution in [0.1, 0.15) is 37.2 Å². The normalized spacial score (nSPS) is 19.6. The zero-order valence-electron chi connectivity index (χ0n) is 17.6. The van der Waals surface area contributed by atoms with E-state index in [1.165, 1.54) is 18.4 Å². The number of nitrogens with zero attached hydrogens (tertiary/aromatic N) is 3. The van der Waals surface area contributed by atoms with Gasteiger partial charge < -0.3 is 19.9 Å². The number of hydrogen-bond acceptors (Lipinski definition) is 4. The minimum absolute atomic E-state index is 0.0521. The second-order valence-corrected chi connectivity index (χ2v) is 8.81. The SMILES string of the molecule is O=C(Nc1ccc(OC2CN(C(=O)C3CCCC3)C2)cc1)N1CC(c2cccnc2)C1. The Labute approximate surface area is 182 Å². The van der Waals surface area contributed by atoms with Crippen LogP contribution in [0.2, 0.25) is 0 Å².